The van der Waals surface area contributed by atoms with Crippen molar-refractivity contribution in [3.8, 4) is 0 Å². The quantitative estimate of drug-likeness (QED) is 0.907. The van der Waals surface area contributed by atoms with Crippen LogP contribution in [0, 0.1) is 6.92 Å². The largest absolute Gasteiger partial charge is 0.339 e. The smallest absolute Gasteiger partial charge is 0.254 e. The maximum absolute atomic E-state index is 12.6. The second kappa shape index (κ2) is 6.58. The first-order valence-corrected chi connectivity index (χ1v) is 8.87. The molecule has 1 aliphatic rings. The minimum absolute atomic E-state index is 0.0182. The first-order valence-electron chi connectivity index (χ1n) is 7.32. The van der Waals surface area contributed by atoms with E-state index < -0.39 is 10.0 Å². The van der Waals surface area contributed by atoms with Crippen LogP contribution in [0.2, 0.25) is 0 Å². The standard InChI is InChI=1S/C15H22N2O3S/c1-12-11-13(21(16,19)20)7-8-14(12)15(18)17-9-5-3-2-4-6-10-17/h7-8,11H,2-6,9-10H2,1H3,(H2,16,19,20). The topological polar surface area (TPSA) is 80.5 Å². The van der Waals surface area contributed by atoms with Crippen molar-refractivity contribution in [2.24, 2.45) is 5.14 Å². The molecule has 0 radical (unpaired) electrons. The molecule has 1 amide bonds. The van der Waals surface area contributed by atoms with Crippen LogP contribution in [0.3, 0.4) is 0 Å². The zero-order valence-electron chi connectivity index (χ0n) is 12.3. The van der Waals surface area contributed by atoms with Crippen molar-refractivity contribution >= 4 is 15.9 Å². The molecule has 0 spiro atoms. The van der Waals surface area contributed by atoms with Crippen molar-refractivity contribution < 1.29 is 13.2 Å². The number of amides is 1. The molecule has 0 unspecified atom stereocenters. The van der Waals surface area contributed by atoms with Crippen molar-refractivity contribution in [3.63, 3.8) is 0 Å². The van der Waals surface area contributed by atoms with Crippen LogP contribution < -0.4 is 5.14 Å². The van der Waals surface area contributed by atoms with Crippen LogP contribution in [0.5, 0.6) is 0 Å². The lowest BCUT2D eigenvalue weighted by atomic mass is 10.0. The number of likely N-dealkylation sites (tertiary alicyclic amines) is 1. The van der Waals surface area contributed by atoms with E-state index >= 15 is 0 Å². The van der Waals surface area contributed by atoms with Crippen molar-refractivity contribution in [2.45, 2.75) is 43.9 Å². The van der Waals surface area contributed by atoms with E-state index in [1.165, 1.54) is 18.6 Å². The lowest BCUT2D eigenvalue weighted by molar-refractivity contribution is 0.0741. The lowest BCUT2D eigenvalue weighted by Gasteiger charge is -2.25. The number of carbonyl (C=O) groups is 1. The fraction of sp³-hybridized carbons (Fsp3) is 0.533. The Balaban J connectivity index is 2.22. The van der Waals surface area contributed by atoms with E-state index in [4.69, 9.17) is 5.14 Å². The van der Waals surface area contributed by atoms with Crippen molar-refractivity contribution in [2.75, 3.05) is 13.1 Å². The summed E-state index contributed by atoms with van der Waals surface area (Å²) in [7, 11) is -3.73. The number of nitrogens with zero attached hydrogens (tertiary/aromatic N) is 1. The summed E-state index contributed by atoms with van der Waals surface area (Å²) in [5, 5.41) is 5.11. The summed E-state index contributed by atoms with van der Waals surface area (Å²) in [5.74, 6) is -0.0182. The van der Waals surface area contributed by atoms with E-state index in [1.807, 2.05) is 4.90 Å². The molecule has 6 heteroatoms. The summed E-state index contributed by atoms with van der Waals surface area (Å²) in [4.78, 5) is 14.5. The number of hydrogen-bond acceptors (Lipinski definition) is 3. The van der Waals surface area contributed by atoms with Gasteiger partial charge in [0.05, 0.1) is 4.90 Å². The van der Waals surface area contributed by atoms with E-state index in [0.717, 1.165) is 38.8 Å². The van der Waals surface area contributed by atoms with Gasteiger partial charge in [0.1, 0.15) is 0 Å². The predicted molar refractivity (Wildman–Crippen MR) is 81.5 cm³/mol. The second-order valence-electron chi connectivity index (χ2n) is 5.58. The molecule has 5 nitrogen and oxygen atoms in total. The van der Waals surface area contributed by atoms with Crippen LogP contribution in [0.1, 0.15) is 48.0 Å². The number of nitrogens with two attached hydrogens (primary N) is 1. The Bertz CT molecular complexity index is 618. The van der Waals surface area contributed by atoms with Gasteiger partial charge in [-0.2, -0.15) is 0 Å². The molecule has 0 atom stereocenters. The molecular weight excluding hydrogens is 288 g/mol. The van der Waals surface area contributed by atoms with Gasteiger partial charge in [-0.3, -0.25) is 4.79 Å². The van der Waals surface area contributed by atoms with Crippen LogP contribution in [-0.4, -0.2) is 32.3 Å². The maximum atomic E-state index is 12.6. The monoisotopic (exact) mass is 310 g/mol. The van der Waals surface area contributed by atoms with Gasteiger partial charge in [-0.25, -0.2) is 13.6 Å². The van der Waals surface area contributed by atoms with E-state index in [1.54, 1.807) is 13.0 Å². The van der Waals surface area contributed by atoms with Gasteiger partial charge in [-0.15, -0.1) is 0 Å². The molecule has 0 bridgehead atoms. The molecule has 1 fully saturated rings. The van der Waals surface area contributed by atoms with Crippen LogP contribution in [0.4, 0.5) is 0 Å². The van der Waals surface area contributed by atoms with E-state index in [9.17, 15) is 13.2 Å². The Morgan fingerprint density at radius 3 is 2.19 bits per heavy atom. The Labute approximate surface area is 126 Å². The highest BCUT2D eigenvalue weighted by atomic mass is 32.2. The highest BCUT2D eigenvalue weighted by molar-refractivity contribution is 7.89. The molecule has 116 valence electrons. The van der Waals surface area contributed by atoms with Crippen LogP contribution in [0.15, 0.2) is 23.1 Å². The van der Waals surface area contributed by atoms with Crippen molar-refractivity contribution in [3.05, 3.63) is 29.3 Å². The fourth-order valence-electron chi connectivity index (χ4n) is 2.67. The molecule has 2 N–H and O–H groups in total. The average Bonchev–Trinajstić information content (AvgIpc) is 2.36. The summed E-state index contributed by atoms with van der Waals surface area (Å²) in [6, 6.07) is 4.43. The predicted octanol–water partition coefficient (Wildman–Crippen LogP) is 2.05. The van der Waals surface area contributed by atoms with Gasteiger partial charge in [-0.1, -0.05) is 19.3 Å². The number of benzene rings is 1. The molecular formula is C15H22N2O3S. The fourth-order valence-corrected chi connectivity index (χ4v) is 3.27. The third-order valence-corrected chi connectivity index (χ3v) is 4.81. The minimum atomic E-state index is -3.73. The van der Waals surface area contributed by atoms with Gasteiger partial charge in [-0.05, 0) is 43.5 Å². The van der Waals surface area contributed by atoms with Gasteiger partial charge in [0, 0.05) is 18.7 Å². The average molecular weight is 310 g/mol. The number of aryl methyl sites for hydroxylation is 1. The minimum Gasteiger partial charge on any atom is -0.339 e. The zero-order chi connectivity index (χ0) is 15.5. The van der Waals surface area contributed by atoms with Crippen LogP contribution in [0.25, 0.3) is 0 Å². The van der Waals surface area contributed by atoms with Gasteiger partial charge in [0.25, 0.3) is 5.91 Å². The first-order chi connectivity index (χ1) is 9.89. The zero-order valence-corrected chi connectivity index (χ0v) is 13.2. The Kier molecular flexibility index (Phi) is 5.00. The molecule has 0 aromatic heterocycles. The molecule has 0 aliphatic carbocycles. The molecule has 1 aromatic carbocycles. The summed E-state index contributed by atoms with van der Waals surface area (Å²) in [6.07, 6.45) is 5.62. The number of rotatable bonds is 2. The maximum Gasteiger partial charge on any atom is 0.254 e. The lowest BCUT2D eigenvalue weighted by Crippen LogP contribution is -2.34. The van der Waals surface area contributed by atoms with Gasteiger partial charge in [0.2, 0.25) is 10.0 Å². The molecule has 1 heterocycles. The van der Waals surface area contributed by atoms with E-state index in [-0.39, 0.29) is 10.8 Å². The summed E-state index contributed by atoms with van der Waals surface area (Å²) < 4.78 is 22.7. The Morgan fingerprint density at radius 2 is 1.67 bits per heavy atom. The second-order valence-corrected chi connectivity index (χ2v) is 7.14. The normalized spacial score (nSPS) is 17.1. The van der Waals surface area contributed by atoms with Gasteiger partial charge in [0.15, 0.2) is 0 Å². The number of primary sulfonamides is 1. The van der Waals surface area contributed by atoms with Crippen LogP contribution >= 0.6 is 0 Å². The van der Waals surface area contributed by atoms with Crippen LogP contribution in [-0.2, 0) is 10.0 Å². The van der Waals surface area contributed by atoms with E-state index in [2.05, 4.69) is 0 Å². The number of carbonyl (C=O) groups excluding carboxylic acids is 1. The number of sulfonamides is 1. The highest BCUT2D eigenvalue weighted by Gasteiger charge is 2.19. The molecule has 1 aliphatic heterocycles. The Morgan fingerprint density at radius 1 is 1.10 bits per heavy atom. The molecule has 21 heavy (non-hydrogen) atoms. The molecule has 0 saturated carbocycles. The summed E-state index contributed by atoms with van der Waals surface area (Å²) in [6.45, 7) is 3.29. The number of hydrogen-bond donors (Lipinski definition) is 1. The highest BCUT2D eigenvalue weighted by Crippen LogP contribution is 2.18. The van der Waals surface area contributed by atoms with Gasteiger partial charge >= 0.3 is 0 Å². The van der Waals surface area contributed by atoms with Crippen molar-refractivity contribution in [1.29, 1.82) is 0 Å². The third-order valence-electron chi connectivity index (χ3n) is 3.90. The first kappa shape index (κ1) is 16.0. The summed E-state index contributed by atoms with van der Waals surface area (Å²) >= 11 is 0. The SMILES string of the molecule is Cc1cc(S(N)(=O)=O)ccc1C(=O)N1CCCCCCC1. The molecule has 2 rings (SSSR count). The van der Waals surface area contributed by atoms with E-state index in [0.29, 0.717) is 11.1 Å². The summed E-state index contributed by atoms with van der Waals surface area (Å²) in [5.41, 5.74) is 1.21. The van der Waals surface area contributed by atoms with Crippen molar-refractivity contribution in [1.82, 2.24) is 4.90 Å². The van der Waals surface area contributed by atoms with Gasteiger partial charge < -0.3 is 4.90 Å². The Hall–Kier alpha value is -1.40. The third kappa shape index (κ3) is 4.04. The molecule has 1 aromatic rings. The molecule has 1 saturated heterocycles.